The van der Waals surface area contributed by atoms with Gasteiger partial charge >= 0.3 is 0 Å². The summed E-state index contributed by atoms with van der Waals surface area (Å²) in [4.78, 5) is 11.8. The predicted molar refractivity (Wildman–Crippen MR) is 80.8 cm³/mol. The monoisotopic (exact) mass is 262 g/mol. The van der Waals surface area contributed by atoms with E-state index in [0.717, 1.165) is 24.2 Å². The molecule has 0 aliphatic rings. The summed E-state index contributed by atoms with van der Waals surface area (Å²) in [5.41, 5.74) is 7.70. The van der Waals surface area contributed by atoms with Crippen LogP contribution in [0.1, 0.15) is 39.7 Å². The van der Waals surface area contributed by atoms with E-state index >= 15 is 0 Å². The molecule has 0 spiro atoms. The van der Waals surface area contributed by atoms with Crippen molar-refractivity contribution in [2.75, 3.05) is 12.3 Å². The number of amides is 1. The van der Waals surface area contributed by atoms with Gasteiger partial charge in [0.2, 0.25) is 5.91 Å². The van der Waals surface area contributed by atoms with Crippen molar-refractivity contribution in [1.29, 1.82) is 0 Å². The summed E-state index contributed by atoms with van der Waals surface area (Å²) >= 11 is 0. The number of benzene rings is 1. The van der Waals surface area contributed by atoms with E-state index in [9.17, 15) is 4.79 Å². The van der Waals surface area contributed by atoms with Gasteiger partial charge in [0.05, 0.1) is 0 Å². The van der Waals surface area contributed by atoms with Gasteiger partial charge in [0.15, 0.2) is 0 Å². The number of nitrogens with two attached hydrogens (primary N) is 1. The molecule has 3 heteroatoms. The van der Waals surface area contributed by atoms with Crippen LogP contribution in [0.25, 0.3) is 0 Å². The van der Waals surface area contributed by atoms with Gasteiger partial charge in [-0.1, -0.05) is 39.8 Å². The van der Waals surface area contributed by atoms with Crippen molar-refractivity contribution >= 4 is 11.6 Å². The van der Waals surface area contributed by atoms with Crippen LogP contribution in [-0.2, 0) is 11.2 Å². The van der Waals surface area contributed by atoms with E-state index in [1.165, 1.54) is 0 Å². The summed E-state index contributed by atoms with van der Waals surface area (Å²) < 4.78 is 0. The molecule has 0 saturated heterocycles. The predicted octanol–water partition coefficient (Wildman–Crippen LogP) is 3.00. The number of rotatable bonds is 6. The highest BCUT2D eigenvalue weighted by Crippen LogP contribution is 2.24. The molecule has 1 amide bonds. The van der Waals surface area contributed by atoms with Crippen LogP contribution < -0.4 is 11.1 Å². The second-order valence-electron chi connectivity index (χ2n) is 6.17. The molecule has 3 nitrogen and oxygen atoms in total. The maximum Gasteiger partial charge on any atom is 0.220 e. The van der Waals surface area contributed by atoms with E-state index in [0.29, 0.717) is 12.3 Å². The molecule has 0 saturated carbocycles. The van der Waals surface area contributed by atoms with Crippen LogP contribution in [0.3, 0.4) is 0 Å². The van der Waals surface area contributed by atoms with Gasteiger partial charge in [-0.15, -0.1) is 0 Å². The Morgan fingerprint density at radius 3 is 2.63 bits per heavy atom. The molecule has 0 bridgehead atoms. The average Bonchev–Trinajstić information content (AvgIpc) is 2.34. The second kappa shape index (κ2) is 6.60. The normalized spacial score (nSPS) is 11.6. The molecule has 0 aromatic heterocycles. The Hall–Kier alpha value is -1.51. The summed E-state index contributed by atoms with van der Waals surface area (Å²) in [5, 5.41) is 3.02. The van der Waals surface area contributed by atoms with Crippen LogP contribution >= 0.6 is 0 Å². The highest BCUT2D eigenvalue weighted by molar-refractivity contribution is 5.76. The summed E-state index contributed by atoms with van der Waals surface area (Å²) in [5.74, 6) is 0.651. The van der Waals surface area contributed by atoms with Crippen molar-refractivity contribution in [2.45, 2.75) is 40.5 Å². The molecule has 3 N–H and O–H groups in total. The lowest BCUT2D eigenvalue weighted by molar-refractivity contribution is -0.121. The standard InChI is InChI=1S/C16H26N2O/c1-12(2)16(3,4)11-18-15(19)9-8-13-6-5-7-14(17)10-13/h5-7,10,12H,8-9,11,17H2,1-4H3,(H,18,19). The first-order valence-corrected chi connectivity index (χ1v) is 6.92. The summed E-state index contributed by atoms with van der Waals surface area (Å²) in [6.45, 7) is 9.43. The molecule has 1 aromatic carbocycles. The van der Waals surface area contributed by atoms with Crippen molar-refractivity contribution in [1.82, 2.24) is 5.32 Å². The summed E-state index contributed by atoms with van der Waals surface area (Å²) in [6, 6.07) is 7.70. The van der Waals surface area contributed by atoms with E-state index in [1.54, 1.807) is 0 Å². The lowest BCUT2D eigenvalue weighted by Crippen LogP contribution is -2.37. The highest BCUT2D eigenvalue weighted by atomic mass is 16.1. The fourth-order valence-corrected chi connectivity index (χ4v) is 1.63. The topological polar surface area (TPSA) is 55.1 Å². The van der Waals surface area contributed by atoms with Crippen LogP contribution in [0.2, 0.25) is 0 Å². The first-order valence-electron chi connectivity index (χ1n) is 6.92. The SMILES string of the molecule is CC(C)C(C)(C)CNC(=O)CCc1cccc(N)c1. The number of nitrogens with one attached hydrogen (secondary N) is 1. The van der Waals surface area contributed by atoms with Gasteiger partial charge < -0.3 is 11.1 Å². The number of hydrogen-bond donors (Lipinski definition) is 2. The summed E-state index contributed by atoms with van der Waals surface area (Å²) in [6.07, 6.45) is 1.25. The van der Waals surface area contributed by atoms with Gasteiger partial charge in [0.25, 0.3) is 0 Å². The number of aryl methyl sites for hydroxylation is 1. The van der Waals surface area contributed by atoms with Crippen molar-refractivity contribution in [3.63, 3.8) is 0 Å². The Bertz CT molecular complexity index is 425. The van der Waals surface area contributed by atoms with Crippen molar-refractivity contribution < 1.29 is 4.79 Å². The second-order valence-corrected chi connectivity index (χ2v) is 6.17. The number of anilines is 1. The third-order valence-corrected chi connectivity index (χ3v) is 3.90. The smallest absolute Gasteiger partial charge is 0.220 e. The minimum Gasteiger partial charge on any atom is -0.399 e. The third-order valence-electron chi connectivity index (χ3n) is 3.90. The first kappa shape index (κ1) is 15.5. The fourth-order valence-electron chi connectivity index (χ4n) is 1.63. The molecule has 0 unspecified atom stereocenters. The Labute approximate surface area is 116 Å². The van der Waals surface area contributed by atoms with Crippen LogP contribution in [0, 0.1) is 11.3 Å². The Morgan fingerprint density at radius 2 is 2.05 bits per heavy atom. The molecular formula is C16H26N2O. The van der Waals surface area contributed by atoms with Gasteiger partial charge in [0, 0.05) is 18.7 Å². The molecule has 106 valence electrons. The maximum atomic E-state index is 11.8. The number of carbonyl (C=O) groups is 1. The largest absolute Gasteiger partial charge is 0.399 e. The molecule has 0 aliphatic heterocycles. The molecule has 1 rings (SSSR count). The number of nitrogen functional groups attached to an aromatic ring is 1. The minimum atomic E-state index is 0.108. The zero-order valence-corrected chi connectivity index (χ0v) is 12.5. The molecule has 0 fully saturated rings. The van der Waals surface area contributed by atoms with Crippen molar-refractivity contribution in [3.8, 4) is 0 Å². The molecular weight excluding hydrogens is 236 g/mol. The van der Waals surface area contributed by atoms with Crippen LogP contribution in [0.15, 0.2) is 24.3 Å². The van der Waals surface area contributed by atoms with Gasteiger partial charge in [-0.2, -0.15) is 0 Å². The van der Waals surface area contributed by atoms with Gasteiger partial charge in [0.1, 0.15) is 0 Å². The first-order chi connectivity index (χ1) is 8.81. The quantitative estimate of drug-likeness (QED) is 0.774. The molecule has 1 aromatic rings. The van der Waals surface area contributed by atoms with Crippen LogP contribution in [0.4, 0.5) is 5.69 Å². The van der Waals surface area contributed by atoms with E-state index in [-0.39, 0.29) is 11.3 Å². The minimum absolute atomic E-state index is 0.108. The Morgan fingerprint density at radius 1 is 1.37 bits per heavy atom. The van der Waals surface area contributed by atoms with Gasteiger partial charge in [-0.05, 0) is 35.4 Å². The highest BCUT2D eigenvalue weighted by Gasteiger charge is 2.22. The average molecular weight is 262 g/mol. The number of carbonyl (C=O) groups excluding carboxylic acids is 1. The van der Waals surface area contributed by atoms with Crippen LogP contribution in [0.5, 0.6) is 0 Å². The Balaban J connectivity index is 2.36. The van der Waals surface area contributed by atoms with Crippen molar-refractivity contribution in [2.24, 2.45) is 11.3 Å². The lowest BCUT2D eigenvalue weighted by atomic mass is 9.81. The molecule has 19 heavy (non-hydrogen) atoms. The lowest BCUT2D eigenvalue weighted by Gasteiger charge is -2.29. The van der Waals surface area contributed by atoms with Crippen LogP contribution in [-0.4, -0.2) is 12.5 Å². The van der Waals surface area contributed by atoms with E-state index in [4.69, 9.17) is 5.73 Å². The van der Waals surface area contributed by atoms with Gasteiger partial charge in [-0.3, -0.25) is 4.79 Å². The maximum absolute atomic E-state index is 11.8. The third kappa shape index (κ3) is 5.33. The van der Waals surface area contributed by atoms with E-state index in [2.05, 4.69) is 33.0 Å². The number of hydrogen-bond acceptors (Lipinski definition) is 2. The zero-order valence-electron chi connectivity index (χ0n) is 12.5. The fraction of sp³-hybridized carbons (Fsp3) is 0.562. The molecule has 0 atom stereocenters. The van der Waals surface area contributed by atoms with Crippen molar-refractivity contribution in [3.05, 3.63) is 29.8 Å². The molecule has 0 radical (unpaired) electrons. The zero-order chi connectivity index (χ0) is 14.5. The van der Waals surface area contributed by atoms with E-state index in [1.807, 2.05) is 24.3 Å². The molecule has 0 aliphatic carbocycles. The molecule has 0 heterocycles. The summed E-state index contributed by atoms with van der Waals surface area (Å²) in [7, 11) is 0. The van der Waals surface area contributed by atoms with Gasteiger partial charge in [-0.25, -0.2) is 0 Å². The Kier molecular flexibility index (Phi) is 5.40. The van der Waals surface area contributed by atoms with E-state index < -0.39 is 0 Å².